The van der Waals surface area contributed by atoms with Crippen molar-refractivity contribution in [2.24, 2.45) is 0 Å². The topological polar surface area (TPSA) is 95.2 Å². The van der Waals surface area contributed by atoms with Gasteiger partial charge in [0.15, 0.2) is 5.13 Å². The van der Waals surface area contributed by atoms with Crippen LogP contribution in [0, 0.1) is 0 Å². The molecule has 1 aromatic rings. The molecule has 0 aliphatic heterocycles. The van der Waals surface area contributed by atoms with Crippen molar-refractivity contribution in [2.75, 3.05) is 30.7 Å². The highest BCUT2D eigenvalue weighted by Gasteiger charge is 2.22. The summed E-state index contributed by atoms with van der Waals surface area (Å²) < 4.78 is 0. The number of rotatable bonds is 12. The van der Waals surface area contributed by atoms with Crippen LogP contribution in [0.4, 0.5) is 9.93 Å². The van der Waals surface area contributed by atoms with E-state index in [1.165, 1.54) is 4.88 Å². The Morgan fingerprint density at radius 1 is 1.18 bits per heavy atom. The summed E-state index contributed by atoms with van der Waals surface area (Å²) in [6, 6.07) is 0.187. The van der Waals surface area contributed by atoms with Gasteiger partial charge in [-0.15, -0.1) is 11.3 Å². The molecule has 0 aromatic carbocycles. The average Bonchev–Trinajstić information content (AvgIpc) is 3.08. The van der Waals surface area contributed by atoms with Crippen molar-refractivity contribution in [1.29, 1.82) is 0 Å². The number of anilines is 1. The number of nitrogens with zero attached hydrogens (tertiary/aromatic N) is 1. The second kappa shape index (κ2) is 13.0. The summed E-state index contributed by atoms with van der Waals surface area (Å²) in [6.45, 7) is 3.76. The summed E-state index contributed by atoms with van der Waals surface area (Å²) in [4.78, 5) is 29.6. The number of unbranched alkanes of at least 4 members (excludes halogenated alkanes) is 3. The Balaban J connectivity index is 1.64. The number of carbonyl (C=O) groups is 2. The fourth-order valence-corrected chi connectivity index (χ4v) is 4.46. The minimum absolute atomic E-state index is 0.0591. The number of thiol groups is 1. The van der Waals surface area contributed by atoms with Gasteiger partial charge in [0.25, 0.3) is 0 Å². The summed E-state index contributed by atoms with van der Waals surface area (Å²) in [5.74, 6) is 0.650. The monoisotopic (exact) mass is 427 g/mol. The highest BCUT2D eigenvalue weighted by molar-refractivity contribution is 7.80. The van der Waals surface area contributed by atoms with E-state index in [4.69, 9.17) is 0 Å². The molecule has 3 amide bonds. The van der Waals surface area contributed by atoms with Crippen LogP contribution in [0.3, 0.4) is 0 Å². The van der Waals surface area contributed by atoms with E-state index in [-0.39, 0.29) is 18.5 Å². The van der Waals surface area contributed by atoms with Crippen LogP contribution in [0.5, 0.6) is 0 Å². The summed E-state index contributed by atoms with van der Waals surface area (Å²) in [7, 11) is 0. The van der Waals surface area contributed by atoms with Crippen LogP contribution in [0.2, 0.25) is 0 Å². The maximum atomic E-state index is 12.1. The Kier molecular flexibility index (Phi) is 10.7. The SMILES string of the molecule is CCCNC1CCc2nc(NC(=O)CNC(=O)NCCCCCCS)sc2C1. The Morgan fingerprint density at radius 3 is 2.79 bits per heavy atom. The van der Waals surface area contributed by atoms with Crippen LogP contribution in [0.1, 0.15) is 56.0 Å². The lowest BCUT2D eigenvalue weighted by molar-refractivity contribution is -0.115. The van der Waals surface area contributed by atoms with Crippen molar-refractivity contribution in [3.8, 4) is 0 Å². The summed E-state index contributed by atoms with van der Waals surface area (Å²) in [6.07, 6.45) is 8.37. The quantitative estimate of drug-likeness (QED) is 0.262. The third-order valence-corrected chi connectivity index (χ3v) is 6.00. The van der Waals surface area contributed by atoms with Gasteiger partial charge in [0, 0.05) is 17.5 Å². The second-order valence-corrected chi connectivity index (χ2v) is 8.61. The third kappa shape index (κ3) is 8.36. The molecule has 0 saturated heterocycles. The fourth-order valence-electron chi connectivity index (χ4n) is 3.13. The lowest BCUT2D eigenvalue weighted by Gasteiger charge is -2.21. The number of urea groups is 1. The van der Waals surface area contributed by atoms with Crippen molar-refractivity contribution in [3.63, 3.8) is 0 Å². The maximum Gasteiger partial charge on any atom is 0.315 e. The first kappa shape index (κ1) is 23.0. The minimum Gasteiger partial charge on any atom is -0.338 e. The Bertz CT molecular complexity index is 623. The van der Waals surface area contributed by atoms with E-state index in [0.29, 0.717) is 17.7 Å². The van der Waals surface area contributed by atoms with E-state index >= 15 is 0 Å². The van der Waals surface area contributed by atoms with Gasteiger partial charge in [-0.3, -0.25) is 4.79 Å². The van der Waals surface area contributed by atoms with Crippen molar-refractivity contribution < 1.29 is 9.59 Å². The Labute approximate surface area is 177 Å². The van der Waals surface area contributed by atoms with Crippen LogP contribution < -0.4 is 21.3 Å². The van der Waals surface area contributed by atoms with E-state index in [1.54, 1.807) is 11.3 Å². The Hall–Kier alpha value is -1.32. The number of fused-ring (bicyclic) bond motifs is 1. The molecule has 0 saturated carbocycles. The standard InChI is InChI=1S/C19H33N5O2S2/c1-2-9-20-14-7-8-15-16(12-14)28-19(23-15)24-17(25)13-22-18(26)21-10-5-3-4-6-11-27/h14,20,27H,2-13H2,1H3,(H2,21,22,26)(H,23,24,25). The number of amides is 3. The fraction of sp³-hybridized carbons (Fsp3) is 0.737. The highest BCUT2D eigenvalue weighted by atomic mass is 32.1. The largest absolute Gasteiger partial charge is 0.338 e. The van der Waals surface area contributed by atoms with Gasteiger partial charge in [0.1, 0.15) is 0 Å². The van der Waals surface area contributed by atoms with Crippen molar-refractivity contribution in [3.05, 3.63) is 10.6 Å². The molecule has 7 nitrogen and oxygen atoms in total. The molecule has 0 fully saturated rings. The molecular formula is C19H33N5O2S2. The summed E-state index contributed by atoms with van der Waals surface area (Å²) in [5.41, 5.74) is 1.10. The van der Waals surface area contributed by atoms with Crippen LogP contribution in [-0.2, 0) is 17.6 Å². The molecule has 158 valence electrons. The molecule has 0 bridgehead atoms. The number of hydrogen-bond acceptors (Lipinski definition) is 6. The van der Waals surface area contributed by atoms with E-state index < -0.39 is 0 Å². The lowest BCUT2D eigenvalue weighted by Crippen LogP contribution is -2.40. The third-order valence-electron chi connectivity index (χ3n) is 4.65. The van der Waals surface area contributed by atoms with Crippen LogP contribution >= 0.6 is 24.0 Å². The molecule has 0 spiro atoms. The van der Waals surface area contributed by atoms with Crippen LogP contribution in [-0.4, -0.2) is 48.4 Å². The number of aromatic nitrogens is 1. The zero-order chi connectivity index (χ0) is 20.2. The number of nitrogens with one attached hydrogen (secondary N) is 4. The molecule has 1 unspecified atom stereocenters. The van der Waals surface area contributed by atoms with E-state index in [1.807, 2.05) is 0 Å². The van der Waals surface area contributed by atoms with E-state index in [0.717, 1.165) is 69.4 Å². The molecular weight excluding hydrogens is 394 g/mol. The van der Waals surface area contributed by atoms with Crippen molar-refractivity contribution >= 4 is 41.0 Å². The van der Waals surface area contributed by atoms with Crippen molar-refractivity contribution in [2.45, 2.75) is 64.3 Å². The van der Waals surface area contributed by atoms with Crippen molar-refractivity contribution in [1.82, 2.24) is 20.9 Å². The van der Waals surface area contributed by atoms with Crippen LogP contribution in [0.15, 0.2) is 0 Å². The van der Waals surface area contributed by atoms with Gasteiger partial charge < -0.3 is 21.3 Å². The first-order valence-electron chi connectivity index (χ1n) is 10.3. The maximum absolute atomic E-state index is 12.1. The van der Waals surface area contributed by atoms with Gasteiger partial charge in [0.2, 0.25) is 5.91 Å². The van der Waals surface area contributed by atoms with Crippen LogP contribution in [0.25, 0.3) is 0 Å². The van der Waals surface area contributed by atoms with E-state index in [2.05, 4.69) is 45.8 Å². The smallest absolute Gasteiger partial charge is 0.315 e. The summed E-state index contributed by atoms with van der Waals surface area (Å²) in [5, 5.41) is 12.3. The number of carbonyl (C=O) groups excluding carboxylic acids is 2. The van der Waals surface area contributed by atoms with Gasteiger partial charge in [-0.1, -0.05) is 19.8 Å². The van der Waals surface area contributed by atoms with E-state index in [9.17, 15) is 9.59 Å². The predicted octanol–water partition coefficient (Wildman–Crippen LogP) is 2.73. The molecule has 28 heavy (non-hydrogen) atoms. The first-order chi connectivity index (χ1) is 13.6. The molecule has 1 heterocycles. The first-order valence-corrected chi connectivity index (χ1v) is 11.7. The molecule has 1 atom stereocenters. The molecule has 1 aromatic heterocycles. The molecule has 2 rings (SSSR count). The number of thiazole rings is 1. The van der Waals surface area contributed by atoms with Gasteiger partial charge in [-0.2, -0.15) is 12.6 Å². The highest BCUT2D eigenvalue weighted by Crippen LogP contribution is 2.29. The van der Waals surface area contributed by atoms with Gasteiger partial charge in [-0.05, 0) is 50.8 Å². The zero-order valence-corrected chi connectivity index (χ0v) is 18.4. The molecule has 0 radical (unpaired) electrons. The summed E-state index contributed by atoms with van der Waals surface area (Å²) >= 11 is 5.72. The molecule has 9 heteroatoms. The second-order valence-electron chi connectivity index (χ2n) is 7.08. The van der Waals surface area contributed by atoms with Gasteiger partial charge >= 0.3 is 6.03 Å². The Morgan fingerprint density at radius 2 is 2.00 bits per heavy atom. The zero-order valence-electron chi connectivity index (χ0n) is 16.7. The van der Waals surface area contributed by atoms with Gasteiger partial charge in [0.05, 0.1) is 12.2 Å². The predicted molar refractivity (Wildman–Crippen MR) is 119 cm³/mol. The minimum atomic E-state index is -0.312. The number of hydrogen-bond donors (Lipinski definition) is 5. The molecule has 1 aliphatic carbocycles. The van der Waals surface area contributed by atoms with Gasteiger partial charge in [-0.25, -0.2) is 9.78 Å². The molecule has 4 N–H and O–H groups in total. The molecule has 1 aliphatic rings. The normalized spacial score (nSPS) is 15.7. The lowest BCUT2D eigenvalue weighted by atomic mass is 9.98. The average molecular weight is 428 g/mol. The number of aryl methyl sites for hydroxylation is 1.